The lowest BCUT2D eigenvalue weighted by molar-refractivity contribution is -0.142. The number of carboxylic acid groups (broad SMARTS) is 1. The first-order valence-electron chi connectivity index (χ1n) is 10.3. The number of amides is 2. The molecule has 1 aliphatic heterocycles. The largest absolute Gasteiger partial charge is 0.479 e. The molecule has 1 saturated heterocycles. The maximum absolute atomic E-state index is 12.8. The molecule has 0 spiro atoms. The van der Waals surface area contributed by atoms with Gasteiger partial charge in [0.2, 0.25) is 11.8 Å². The lowest BCUT2D eigenvalue weighted by Crippen LogP contribution is -2.42. The second-order valence-electron chi connectivity index (χ2n) is 7.60. The minimum Gasteiger partial charge on any atom is -0.479 e. The van der Waals surface area contributed by atoms with E-state index in [2.05, 4.69) is 16.0 Å². The lowest BCUT2D eigenvalue weighted by Gasteiger charge is -2.21. The Hall–Kier alpha value is -2.90. The van der Waals surface area contributed by atoms with Gasteiger partial charge in [-0.1, -0.05) is 54.1 Å². The van der Waals surface area contributed by atoms with Crippen LogP contribution in [-0.4, -0.2) is 42.0 Å². The van der Waals surface area contributed by atoms with E-state index < -0.39 is 17.9 Å². The van der Waals surface area contributed by atoms with Crippen molar-refractivity contribution < 1.29 is 19.5 Å². The first-order chi connectivity index (χ1) is 14.9. The number of aliphatic carboxylic acids is 1. The highest BCUT2D eigenvalue weighted by Gasteiger charge is 2.26. The number of rotatable bonds is 9. The Bertz CT molecular complexity index is 899. The standard InChI is InChI=1S/C23H26ClN3O4/c24-18-10-8-15(9-11-18)17(14-26-22(29)19-7-4-12-25-19)13-20(28)27-21(23(30)31)16-5-2-1-3-6-16/h1-3,5-6,8-11,17,19,21,25H,4,7,12-14H2,(H,26,29)(H,27,28)(H,30,31)/t17-,19-,21-/m0/s1. The Balaban J connectivity index is 1.69. The molecule has 164 valence electrons. The summed E-state index contributed by atoms with van der Waals surface area (Å²) >= 11 is 5.98. The van der Waals surface area contributed by atoms with Gasteiger partial charge in [0.15, 0.2) is 6.04 Å². The minimum atomic E-state index is -1.14. The van der Waals surface area contributed by atoms with E-state index in [4.69, 9.17) is 11.6 Å². The molecule has 0 unspecified atom stereocenters. The highest BCUT2D eigenvalue weighted by atomic mass is 35.5. The van der Waals surface area contributed by atoms with Crippen molar-refractivity contribution in [3.05, 3.63) is 70.7 Å². The molecule has 1 heterocycles. The van der Waals surface area contributed by atoms with Crippen LogP contribution >= 0.6 is 11.6 Å². The van der Waals surface area contributed by atoms with Crippen LogP contribution in [0.25, 0.3) is 0 Å². The van der Waals surface area contributed by atoms with E-state index in [1.54, 1.807) is 42.5 Å². The minimum absolute atomic E-state index is 0.0244. The fourth-order valence-electron chi connectivity index (χ4n) is 3.67. The van der Waals surface area contributed by atoms with Crippen LogP contribution in [0.4, 0.5) is 0 Å². The summed E-state index contributed by atoms with van der Waals surface area (Å²) in [5.74, 6) is -1.97. The molecule has 0 bridgehead atoms. The van der Waals surface area contributed by atoms with Gasteiger partial charge in [-0.15, -0.1) is 0 Å². The van der Waals surface area contributed by atoms with E-state index in [1.165, 1.54) is 0 Å². The van der Waals surface area contributed by atoms with Gasteiger partial charge in [-0.25, -0.2) is 4.79 Å². The predicted molar refractivity (Wildman–Crippen MR) is 118 cm³/mol. The predicted octanol–water partition coefficient (Wildman–Crippen LogP) is 2.62. The van der Waals surface area contributed by atoms with Crippen LogP contribution < -0.4 is 16.0 Å². The van der Waals surface area contributed by atoms with Crippen LogP contribution in [0.3, 0.4) is 0 Å². The number of carbonyl (C=O) groups excluding carboxylic acids is 2. The average Bonchev–Trinajstić information content (AvgIpc) is 3.31. The summed E-state index contributed by atoms with van der Waals surface area (Å²) in [6.07, 6.45) is 1.77. The molecular formula is C23H26ClN3O4. The molecule has 1 aliphatic rings. The van der Waals surface area contributed by atoms with Gasteiger partial charge in [-0.2, -0.15) is 0 Å². The monoisotopic (exact) mass is 443 g/mol. The summed E-state index contributed by atoms with van der Waals surface area (Å²) in [6.45, 7) is 1.08. The third kappa shape index (κ3) is 6.54. The van der Waals surface area contributed by atoms with E-state index in [9.17, 15) is 19.5 Å². The molecule has 3 atom stereocenters. The molecule has 4 N–H and O–H groups in total. The van der Waals surface area contributed by atoms with Crippen molar-refractivity contribution in [2.24, 2.45) is 0 Å². The average molecular weight is 444 g/mol. The topological polar surface area (TPSA) is 108 Å². The van der Waals surface area contributed by atoms with Gasteiger partial charge in [0.25, 0.3) is 0 Å². The van der Waals surface area contributed by atoms with Crippen molar-refractivity contribution in [1.82, 2.24) is 16.0 Å². The normalized spacial score (nSPS) is 17.5. The molecule has 3 rings (SSSR count). The van der Waals surface area contributed by atoms with Gasteiger partial charge in [-0.3, -0.25) is 9.59 Å². The van der Waals surface area contributed by atoms with Crippen molar-refractivity contribution in [2.45, 2.75) is 37.3 Å². The van der Waals surface area contributed by atoms with Crippen molar-refractivity contribution in [3.63, 3.8) is 0 Å². The third-order valence-electron chi connectivity index (χ3n) is 5.36. The zero-order chi connectivity index (χ0) is 22.2. The van der Waals surface area contributed by atoms with Crippen molar-refractivity contribution >= 4 is 29.4 Å². The summed E-state index contributed by atoms with van der Waals surface area (Å²) in [5.41, 5.74) is 1.33. The van der Waals surface area contributed by atoms with E-state index >= 15 is 0 Å². The zero-order valence-corrected chi connectivity index (χ0v) is 17.8. The Labute approximate surface area is 186 Å². The zero-order valence-electron chi connectivity index (χ0n) is 17.0. The molecule has 7 nitrogen and oxygen atoms in total. The Kier molecular flexibility index (Phi) is 8.03. The fourth-order valence-corrected chi connectivity index (χ4v) is 3.80. The molecule has 31 heavy (non-hydrogen) atoms. The highest BCUT2D eigenvalue weighted by Crippen LogP contribution is 2.22. The molecule has 0 radical (unpaired) electrons. The maximum atomic E-state index is 12.8. The van der Waals surface area contributed by atoms with Crippen LogP contribution in [0.5, 0.6) is 0 Å². The Morgan fingerprint density at radius 3 is 2.39 bits per heavy atom. The van der Waals surface area contributed by atoms with Crippen molar-refractivity contribution in [3.8, 4) is 0 Å². The van der Waals surface area contributed by atoms with Crippen LogP contribution in [0.1, 0.15) is 42.3 Å². The fraction of sp³-hybridized carbons (Fsp3) is 0.348. The number of halogens is 1. The number of carbonyl (C=O) groups is 3. The Morgan fingerprint density at radius 1 is 1.06 bits per heavy atom. The first kappa shape index (κ1) is 22.8. The lowest BCUT2D eigenvalue weighted by atomic mass is 9.94. The molecule has 1 fully saturated rings. The number of hydrogen-bond donors (Lipinski definition) is 4. The van der Waals surface area contributed by atoms with Gasteiger partial charge in [0.1, 0.15) is 0 Å². The van der Waals surface area contributed by atoms with E-state index in [-0.39, 0.29) is 30.8 Å². The maximum Gasteiger partial charge on any atom is 0.330 e. The molecule has 2 aromatic rings. The van der Waals surface area contributed by atoms with Gasteiger partial charge in [0, 0.05) is 23.9 Å². The van der Waals surface area contributed by atoms with Crippen molar-refractivity contribution in [2.75, 3.05) is 13.1 Å². The smallest absolute Gasteiger partial charge is 0.330 e. The number of benzene rings is 2. The second kappa shape index (κ2) is 10.9. The second-order valence-corrected chi connectivity index (χ2v) is 8.03. The van der Waals surface area contributed by atoms with E-state index in [1.807, 2.05) is 12.1 Å². The molecule has 2 aromatic carbocycles. The van der Waals surface area contributed by atoms with Crippen LogP contribution in [0.2, 0.25) is 5.02 Å². The van der Waals surface area contributed by atoms with E-state index in [0.29, 0.717) is 10.6 Å². The van der Waals surface area contributed by atoms with Crippen LogP contribution in [-0.2, 0) is 14.4 Å². The number of carboxylic acids is 1. The van der Waals surface area contributed by atoms with Crippen LogP contribution in [0, 0.1) is 0 Å². The summed E-state index contributed by atoms with van der Waals surface area (Å²) < 4.78 is 0. The SMILES string of the molecule is O=C(C[C@@H](CNC(=O)[C@@H]1CCCN1)c1ccc(Cl)cc1)N[C@H](C(=O)O)c1ccccc1. The molecule has 8 heteroatoms. The summed E-state index contributed by atoms with van der Waals surface area (Å²) in [4.78, 5) is 36.9. The molecular weight excluding hydrogens is 418 g/mol. The summed E-state index contributed by atoms with van der Waals surface area (Å²) in [5, 5.41) is 18.8. The number of hydrogen-bond acceptors (Lipinski definition) is 4. The van der Waals surface area contributed by atoms with Gasteiger partial charge in [0.05, 0.1) is 6.04 Å². The molecule has 0 saturated carbocycles. The van der Waals surface area contributed by atoms with Gasteiger partial charge in [-0.05, 0) is 42.6 Å². The molecule has 2 amide bonds. The summed E-state index contributed by atoms with van der Waals surface area (Å²) in [7, 11) is 0. The van der Waals surface area contributed by atoms with Crippen molar-refractivity contribution in [1.29, 1.82) is 0 Å². The molecule has 0 aliphatic carbocycles. The first-order valence-corrected chi connectivity index (χ1v) is 10.7. The quantitative estimate of drug-likeness (QED) is 0.476. The van der Waals surface area contributed by atoms with Gasteiger partial charge >= 0.3 is 5.97 Å². The Morgan fingerprint density at radius 2 is 1.77 bits per heavy atom. The third-order valence-corrected chi connectivity index (χ3v) is 5.61. The summed E-state index contributed by atoms with van der Waals surface area (Å²) in [6, 6.07) is 14.3. The van der Waals surface area contributed by atoms with E-state index in [0.717, 1.165) is 24.9 Å². The number of nitrogens with one attached hydrogen (secondary N) is 3. The molecule has 0 aromatic heterocycles. The highest BCUT2D eigenvalue weighted by molar-refractivity contribution is 6.30. The van der Waals surface area contributed by atoms with Gasteiger partial charge < -0.3 is 21.1 Å². The van der Waals surface area contributed by atoms with Crippen LogP contribution in [0.15, 0.2) is 54.6 Å².